The van der Waals surface area contributed by atoms with Crippen molar-refractivity contribution in [1.29, 1.82) is 0 Å². The van der Waals surface area contributed by atoms with E-state index in [4.69, 9.17) is 9.97 Å². The van der Waals surface area contributed by atoms with Gasteiger partial charge in [0.15, 0.2) is 5.65 Å². The Bertz CT molecular complexity index is 1990. The van der Waals surface area contributed by atoms with Crippen LogP contribution in [0, 0.1) is 13.8 Å². The molecule has 3 aromatic carbocycles. The fourth-order valence-corrected chi connectivity index (χ4v) is 5.06. The molecule has 41 heavy (non-hydrogen) atoms. The normalized spacial score (nSPS) is 11.5. The third kappa shape index (κ3) is 4.78. The second-order valence-corrected chi connectivity index (χ2v) is 10.3. The van der Waals surface area contributed by atoms with Gasteiger partial charge in [-0.15, -0.1) is 0 Å². The zero-order chi connectivity index (χ0) is 28.7. The number of carbonyl (C=O) groups excluding carboxylic acids is 1. The molecule has 0 saturated carbocycles. The number of aryl methyl sites for hydroxylation is 2. The van der Waals surface area contributed by atoms with Crippen molar-refractivity contribution in [3.63, 3.8) is 0 Å². The summed E-state index contributed by atoms with van der Waals surface area (Å²) in [5.41, 5.74) is 5.67. The number of para-hydroxylation sites is 3. The summed E-state index contributed by atoms with van der Waals surface area (Å²) in [6.07, 6.45) is 1.54. The quantitative estimate of drug-likeness (QED) is 0.308. The Morgan fingerprint density at radius 1 is 0.951 bits per heavy atom. The number of benzene rings is 3. The molecule has 0 bridgehead atoms. The lowest BCUT2D eigenvalue weighted by Crippen LogP contribution is -2.31. The molecule has 0 atom stereocenters. The summed E-state index contributed by atoms with van der Waals surface area (Å²) < 4.78 is 3.56. The predicted octanol–water partition coefficient (Wildman–Crippen LogP) is 4.23. The van der Waals surface area contributed by atoms with Gasteiger partial charge in [0.2, 0.25) is 11.7 Å². The Hall–Kier alpha value is -5.09. The molecule has 0 spiro atoms. The highest BCUT2D eigenvalue weighted by atomic mass is 16.1. The number of nitrogens with zero attached hydrogens (tertiary/aromatic N) is 6. The van der Waals surface area contributed by atoms with Crippen LogP contribution < -0.4 is 16.2 Å². The SMILES string of the molecule is Cc1cccc(C)c1-n1c(=O)c2cnc(Nc3cccc(C(=O)NCCN(C)C)c3)nc2n2c3ccccc3nc12. The lowest BCUT2D eigenvalue weighted by molar-refractivity contribution is 0.0951. The van der Waals surface area contributed by atoms with Gasteiger partial charge in [-0.2, -0.15) is 4.98 Å². The molecule has 206 valence electrons. The average molecular weight is 547 g/mol. The van der Waals surface area contributed by atoms with Crippen molar-refractivity contribution in [2.45, 2.75) is 13.8 Å². The molecule has 0 aliphatic carbocycles. The minimum atomic E-state index is -0.247. The van der Waals surface area contributed by atoms with E-state index in [1.807, 2.05) is 85.8 Å². The van der Waals surface area contributed by atoms with Gasteiger partial charge >= 0.3 is 0 Å². The minimum Gasteiger partial charge on any atom is -0.351 e. The van der Waals surface area contributed by atoms with Gasteiger partial charge in [-0.05, 0) is 69.4 Å². The number of hydrogen-bond donors (Lipinski definition) is 2. The van der Waals surface area contributed by atoms with E-state index in [1.54, 1.807) is 29.0 Å². The Morgan fingerprint density at radius 3 is 2.49 bits per heavy atom. The number of anilines is 2. The van der Waals surface area contributed by atoms with Gasteiger partial charge in [-0.25, -0.2) is 14.5 Å². The van der Waals surface area contributed by atoms with Crippen molar-refractivity contribution in [3.8, 4) is 5.69 Å². The van der Waals surface area contributed by atoms with E-state index in [0.29, 0.717) is 40.6 Å². The highest BCUT2D eigenvalue weighted by molar-refractivity contribution is 5.95. The number of carbonyl (C=O) groups is 1. The molecule has 6 rings (SSSR count). The zero-order valence-corrected chi connectivity index (χ0v) is 23.3. The highest BCUT2D eigenvalue weighted by Gasteiger charge is 2.20. The number of rotatable bonds is 7. The number of fused-ring (bicyclic) bond motifs is 5. The maximum absolute atomic E-state index is 14.0. The second kappa shape index (κ2) is 10.5. The van der Waals surface area contributed by atoms with E-state index >= 15 is 0 Å². The van der Waals surface area contributed by atoms with Crippen molar-refractivity contribution in [3.05, 3.63) is 100.0 Å². The van der Waals surface area contributed by atoms with Crippen LogP contribution in [0.2, 0.25) is 0 Å². The van der Waals surface area contributed by atoms with Gasteiger partial charge in [0, 0.05) is 30.5 Å². The van der Waals surface area contributed by atoms with Crippen LogP contribution >= 0.6 is 0 Å². The van der Waals surface area contributed by atoms with E-state index in [2.05, 4.69) is 15.6 Å². The van der Waals surface area contributed by atoms with Crippen molar-refractivity contribution in [2.75, 3.05) is 32.5 Å². The van der Waals surface area contributed by atoms with Crippen LogP contribution in [-0.2, 0) is 0 Å². The van der Waals surface area contributed by atoms with Crippen LogP contribution in [0.4, 0.5) is 11.6 Å². The maximum Gasteiger partial charge on any atom is 0.270 e. The summed E-state index contributed by atoms with van der Waals surface area (Å²) in [5.74, 6) is 0.613. The minimum absolute atomic E-state index is 0.159. The Labute approximate surface area is 236 Å². The van der Waals surface area contributed by atoms with Crippen molar-refractivity contribution >= 4 is 45.4 Å². The number of aromatic nitrogens is 5. The second-order valence-electron chi connectivity index (χ2n) is 10.3. The molecule has 0 aliphatic rings. The fourth-order valence-electron chi connectivity index (χ4n) is 5.06. The Kier molecular flexibility index (Phi) is 6.68. The van der Waals surface area contributed by atoms with Crippen LogP contribution in [0.15, 0.2) is 77.7 Å². The molecule has 0 radical (unpaired) electrons. The number of amides is 1. The molecule has 10 heteroatoms. The topological polar surface area (TPSA) is 109 Å². The van der Waals surface area contributed by atoms with Gasteiger partial charge in [-0.1, -0.05) is 36.4 Å². The van der Waals surface area contributed by atoms with Gasteiger partial charge < -0.3 is 15.5 Å². The maximum atomic E-state index is 14.0. The Balaban J connectivity index is 1.47. The van der Waals surface area contributed by atoms with Crippen molar-refractivity contribution in [1.82, 2.24) is 34.1 Å². The largest absolute Gasteiger partial charge is 0.351 e. The molecule has 0 fully saturated rings. The first-order valence-electron chi connectivity index (χ1n) is 13.4. The van der Waals surface area contributed by atoms with E-state index in [0.717, 1.165) is 34.4 Å². The molecular formula is C31H30N8O2. The predicted molar refractivity (Wildman–Crippen MR) is 161 cm³/mol. The van der Waals surface area contributed by atoms with Gasteiger partial charge in [0.25, 0.3) is 11.5 Å². The highest BCUT2D eigenvalue weighted by Crippen LogP contribution is 2.26. The zero-order valence-electron chi connectivity index (χ0n) is 23.3. The molecule has 0 saturated heterocycles. The first kappa shape index (κ1) is 26.1. The van der Waals surface area contributed by atoms with Crippen LogP contribution in [0.25, 0.3) is 33.5 Å². The first-order chi connectivity index (χ1) is 19.8. The molecular weight excluding hydrogens is 516 g/mol. The molecule has 10 nitrogen and oxygen atoms in total. The van der Waals surface area contributed by atoms with Crippen LogP contribution in [0.5, 0.6) is 0 Å². The molecule has 0 unspecified atom stereocenters. The van der Waals surface area contributed by atoms with Gasteiger partial charge in [-0.3, -0.25) is 14.0 Å². The smallest absolute Gasteiger partial charge is 0.270 e. The summed E-state index contributed by atoms with van der Waals surface area (Å²) in [7, 11) is 3.92. The average Bonchev–Trinajstić information content (AvgIpc) is 3.34. The standard InChI is InChI=1S/C31H30N8O2/c1-19-9-7-10-20(2)26(19)39-29(41)23-18-33-30(36-27(23)38-25-14-6-5-13-24(25)35-31(38)39)34-22-12-8-11-21(17-22)28(40)32-15-16-37(3)4/h5-14,17-18H,15-16H2,1-4H3,(H,32,40)(H,33,34,36). The Morgan fingerprint density at radius 2 is 1.71 bits per heavy atom. The molecule has 1 amide bonds. The number of nitrogens with one attached hydrogen (secondary N) is 2. The van der Waals surface area contributed by atoms with Crippen LogP contribution in [-0.4, -0.2) is 61.9 Å². The summed E-state index contributed by atoms with van der Waals surface area (Å²) in [5, 5.41) is 6.49. The lowest BCUT2D eigenvalue weighted by Gasteiger charge is -2.15. The summed E-state index contributed by atoms with van der Waals surface area (Å²) in [4.78, 5) is 42.8. The summed E-state index contributed by atoms with van der Waals surface area (Å²) in [6.45, 7) is 5.26. The van der Waals surface area contributed by atoms with Gasteiger partial charge in [0.05, 0.1) is 16.7 Å². The summed E-state index contributed by atoms with van der Waals surface area (Å²) in [6, 6.07) is 20.8. The number of imidazole rings is 1. The third-order valence-electron chi connectivity index (χ3n) is 7.05. The van der Waals surface area contributed by atoms with Crippen LogP contribution in [0.3, 0.4) is 0 Å². The molecule has 0 aliphatic heterocycles. The molecule has 3 aromatic heterocycles. The number of hydrogen-bond acceptors (Lipinski definition) is 7. The van der Waals surface area contributed by atoms with E-state index in [1.165, 1.54) is 0 Å². The first-order valence-corrected chi connectivity index (χ1v) is 13.4. The van der Waals surface area contributed by atoms with E-state index < -0.39 is 0 Å². The van der Waals surface area contributed by atoms with Crippen LogP contribution in [0.1, 0.15) is 21.5 Å². The molecule has 6 aromatic rings. The van der Waals surface area contributed by atoms with Crippen molar-refractivity contribution < 1.29 is 4.79 Å². The van der Waals surface area contributed by atoms with Crippen molar-refractivity contribution in [2.24, 2.45) is 0 Å². The molecule has 2 N–H and O–H groups in total. The van der Waals surface area contributed by atoms with E-state index in [9.17, 15) is 9.59 Å². The third-order valence-corrected chi connectivity index (χ3v) is 7.05. The summed E-state index contributed by atoms with van der Waals surface area (Å²) >= 11 is 0. The number of likely N-dealkylation sites (N-methyl/N-ethyl adjacent to an activating group) is 1. The molecule has 3 heterocycles. The lowest BCUT2D eigenvalue weighted by atomic mass is 10.1. The monoisotopic (exact) mass is 546 g/mol. The van der Waals surface area contributed by atoms with E-state index in [-0.39, 0.29) is 11.5 Å². The van der Waals surface area contributed by atoms with Gasteiger partial charge in [0.1, 0.15) is 5.39 Å². The fraction of sp³-hybridized carbons (Fsp3) is 0.194.